The molecule has 2 aromatic rings. The molecule has 4 rings (SSSR count). The number of anilines is 1. The Hall–Kier alpha value is -2.37. The number of amides is 1. The lowest BCUT2D eigenvalue weighted by Crippen LogP contribution is -2.61. The summed E-state index contributed by atoms with van der Waals surface area (Å²) in [6.07, 6.45) is 6.10. The monoisotopic (exact) mass is 355 g/mol. The van der Waals surface area contributed by atoms with Crippen LogP contribution in [0.5, 0.6) is 0 Å². The molecular weight excluding hydrogens is 338 g/mol. The zero-order valence-corrected chi connectivity index (χ0v) is 14.3. The summed E-state index contributed by atoms with van der Waals surface area (Å²) in [7, 11) is 0. The van der Waals surface area contributed by atoms with Crippen molar-refractivity contribution in [3.8, 4) is 0 Å². The van der Waals surface area contributed by atoms with E-state index in [4.69, 9.17) is 16.3 Å². The van der Waals surface area contributed by atoms with E-state index in [1.807, 2.05) is 48.6 Å². The highest BCUT2D eigenvalue weighted by atomic mass is 35.5. The van der Waals surface area contributed by atoms with Crippen LogP contribution in [0.2, 0.25) is 5.02 Å². The first-order chi connectivity index (χ1) is 12.2. The molecule has 25 heavy (non-hydrogen) atoms. The minimum absolute atomic E-state index is 0.104. The number of hydrogen-bond donors (Lipinski definition) is 2. The van der Waals surface area contributed by atoms with Crippen molar-refractivity contribution in [2.75, 3.05) is 18.5 Å². The van der Waals surface area contributed by atoms with Gasteiger partial charge in [-0.25, -0.2) is 4.98 Å². The molecule has 6 heteroatoms. The normalized spacial score (nSPS) is 20.6. The number of carbonyl (C=O) groups excluding carboxylic acids is 1. The quantitative estimate of drug-likeness (QED) is 0.831. The van der Waals surface area contributed by atoms with Crippen LogP contribution in [0.4, 0.5) is 5.82 Å². The lowest BCUT2D eigenvalue weighted by molar-refractivity contribution is -0.133. The van der Waals surface area contributed by atoms with Gasteiger partial charge < -0.3 is 15.4 Å². The third-order valence-electron chi connectivity index (χ3n) is 4.56. The number of fused-ring (bicyclic) bond motifs is 1. The van der Waals surface area contributed by atoms with Crippen LogP contribution >= 0.6 is 11.6 Å². The molecule has 5 nitrogen and oxygen atoms in total. The van der Waals surface area contributed by atoms with Crippen LogP contribution in [0.25, 0.3) is 0 Å². The van der Waals surface area contributed by atoms with Gasteiger partial charge in [-0.3, -0.25) is 4.79 Å². The molecule has 2 aliphatic heterocycles. The molecule has 1 aromatic carbocycles. The first-order valence-corrected chi connectivity index (χ1v) is 8.57. The number of hydrogen-bond acceptors (Lipinski definition) is 4. The lowest BCUT2D eigenvalue weighted by atomic mass is 9.87. The maximum atomic E-state index is 12.9. The lowest BCUT2D eigenvalue weighted by Gasteiger charge is -2.43. The summed E-state index contributed by atoms with van der Waals surface area (Å²) in [5.74, 6) is 0.584. The van der Waals surface area contributed by atoms with Crippen molar-refractivity contribution in [3.05, 3.63) is 70.9 Å². The van der Waals surface area contributed by atoms with Crippen LogP contribution in [-0.2, 0) is 21.5 Å². The molecule has 1 saturated heterocycles. The summed E-state index contributed by atoms with van der Waals surface area (Å²) in [6.45, 7) is 0.952. The van der Waals surface area contributed by atoms with E-state index in [0.29, 0.717) is 30.5 Å². The van der Waals surface area contributed by atoms with E-state index in [2.05, 4.69) is 15.6 Å². The number of aromatic nitrogens is 1. The van der Waals surface area contributed by atoms with E-state index < -0.39 is 11.6 Å². The molecule has 1 atom stereocenters. The molecule has 0 aliphatic carbocycles. The zero-order chi connectivity index (χ0) is 17.3. The molecule has 2 aliphatic rings. The van der Waals surface area contributed by atoms with E-state index in [1.165, 1.54) is 0 Å². The van der Waals surface area contributed by atoms with Crippen LogP contribution in [0.3, 0.4) is 0 Å². The average Bonchev–Trinajstić information content (AvgIpc) is 2.80. The Morgan fingerprint density at radius 1 is 1.32 bits per heavy atom. The van der Waals surface area contributed by atoms with Crippen molar-refractivity contribution < 1.29 is 9.53 Å². The number of halogens is 1. The Morgan fingerprint density at radius 2 is 2.12 bits per heavy atom. The number of rotatable bonds is 3. The van der Waals surface area contributed by atoms with Crippen molar-refractivity contribution in [2.24, 2.45) is 0 Å². The highest BCUT2D eigenvalue weighted by molar-refractivity contribution is 6.30. The Labute approximate surface area is 151 Å². The second kappa shape index (κ2) is 6.50. The number of pyridine rings is 1. The molecule has 0 radical (unpaired) electrons. The zero-order valence-electron chi connectivity index (χ0n) is 13.5. The predicted octanol–water partition coefficient (Wildman–Crippen LogP) is 2.67. The molecule has 1 aromatic heterocycles. The van der Waals surface area contributed by atoms with Gasteiger partial charge in [0.1, 0.15) is 17.4 Å². The highest BCUT2D eigenvalue weighted by Gasteiger charge is 2.42. The molecule has 128 valence electrons. The van der Waals surface area contributed by atoms with Gasteiger partial charge in [0.05, 0.1) is 18.2 Å². The van der Waals surface area contributed by atoms with Crippen molar-refractivity contribution in [2.45, 2.75) is 18.0 Å². The topological polar surface area (TPSA) is 63.2 Å². The van der Waals surface area contributed by atoms with Crippen LogP contribution in [0.1, 0.15) is 11.1 Å². The number of allylic oxidation sites excluding steroid dienone is 1. The van der Waals surface area contributed by atoms with Gasteiger partial charge in [0.2, 0.25) is 5.91 Å². The van der Waals surface area contributed by atoms with Crippen molar-refractivity contribution in [1.29, 1.82) is 0 Å². The standard InChI is InChI=1S/C19H18ClN3O2/c20-15-9-13-5-4-8-16(22-17(13)21-10-15)18(24)23-19(11-25-12-19)14-6-2-1-3-7-14/h1-4,6-10,16H,5,11-12H2,(H,21,22)(H,23,24). The van der Waals surface area contributed by atoms with Gasteiger partial charge in [0, 0.05) is 6.20 Å². The third-order valence-corrected chi connectivity index (χ3v) is 4.77. The number of benzene rings is 1. The maximum absolute atomic E-state index is 12.9. The molecule has 0 spiro atoms. The number of nitrogens with one attached hydrogen (secondary N) is 2. The SMILES string of the molecule is O=C(NC1(c2ccccc2)COC1)C1C=CCc2cc(Cl)cnc2N1. The first-order valence-electron chi connectivity index (χ1n) is 8.19. The fourth-order valence-electron chi connectivity index (χ4n) is 3.13. The van der Waals surface area contributed by atoms with Crippen LogP contribution in [-0.4, -0.2) is 30.1 Å². The molecule has 1 amide bonds. The molecular formula is C19H18ClN3O2. The maximum Gasteiger partial charge on any atom is 0.247 e. The molecule has 1 unspecified atom stereocenters. The summed E-state index contributed by atoms with van der Waals surface area (Å²) in [4.78, 5) is 17.2. The van der Waals surface area contributed by atoms with Gasteiger partial charge in [-0.05, 0) is 23.6 Å². The van der Waals surface area contributed by atoms with E-state index in [1.54, 1.807) is 6.20 Å². The van der Waals surface area contributed by atoms with Crippen molar-refractivity contribution in [1.82, 2.24) is 10.3 Å². The second-order valence-corrected chi connectivity index (χ2v) is 6.78. The Balaban J connectivity index is 1.54. The highest BCUT2D eigenvalue weighted by Crippen LogP contribution is 2.30. The van der Waals surface area contributed by atoms with Gasteiger partial charge in [-0.15, -0.1) is 0 Å². The van der Waals surface area contributed by atoms with E-state index in [-0.39, 0.29) is 5.91 Å². The number of carbonyl (C=O) groups is 1. The van der Waals surface area contributed by atoms with E-state index >= 15 is 0 Å². The third kappa shape index (κ3) is 3.13. The summed E-state index contributed by atoms with van der Waals surface area (Å²) >= 11 is 6.00. The van der Waals surface area contributed by atoms with Crippen molar-refractivity contribution in [3.63, 3.8) is 0 Å². The summed E-state index contributed by atoms with van der Waals surface area (Å²) in [5.41, 5.74) is 1.57. The number of ether oxygens (including phenoxy) is 1. The first kappa shape index (κ1) is 16.1. The minimum atomic E-state index is -0.490. The van der Waals surface area contributed by atoms with Gasteiger partial charge in [0.15, 0.2) is 0 Å². The van der Waals surface area contributed by atoms with Crippen LogP contribution in [0.15, 0.2) is 54.7 Å². The fraction of sp³-hybridized carbons (Fsp3) is 0.263. The molecule has 2 N–H and O–H groups in total. The van der Waals surface area contributed by atoms with Crippen molar-refractivity contribution >= 4 is 23.3 Å². The second-order valence-electron chi connectivity index (χ2n) is 6.35. The molecule has 3 heterocycles. The van der Waals surface area contributed by atoms with Crippen LogP contribution < -0.4 is 10.6 Å². The summed E-state index contributed by atoms with van der Waals surface area (Å²) in [5, 5.41) is 6.94. The van der Waals surface area contributed by atoms with Gasteiger partial charge in [0.25, 0.3) is 0 Å². The van der Waals surface area contributed by atoms with Gasteiger partial charge in [-0.2, -0.15) is 0 Å². The Kier molecular flexibility index (Phi) is 4.19. The number of nitrogens with zero attached hydrogens (tertiary/aromatic N) is 1. The Morgan fingerprint density at radius 3 is 2.84 bits per heavy atom. The van der Waals surface area contributed by atoms with E-state index in [0.717, 1.165) is 11.1 Å². The molecule has 0 bridgehead atoms. The molecule has 1 fully saturated rings. The van der Waals surface area contributed by atoms with Gasteiger partial charge >= 0.3 is 0 Å². The fourth-order valence-corrected chi connectivity index (χ4v) is 3.31. The predicted molar refractivity (Wildman–Crippen MR) is 96.6 cm³/mol. The molecule has 0 saturated carbocycles. The largest absolute Gasteiger partial charge is 0.376 e. The van der Waals surface area contributed by atoms with Gasteiger partial charge in [-0.1, -0.05) is 54.1 Å². The van der Waals surface area contributed by atoms with Crippen LogP contribution in [0, 0.1) is 0 Å². The summed E-state index contributed by atoms with van der Waals surface area (Å²) < 4.78 is 5.39. The Bertz CT molecular complexity index is 819. The average molecular weight is 356 g/mol. The summed E-state index contributed by atoms with van der Waals surface area (Å²) in [6, 6.07) is 11.3. The minimum Gasteiger partial charge on any atom is -0.376 e. The van der Waals surface area contributed by atoms with E-state index in [9.17, 15) is 4.79 Å². The smallest absolute Gasteiger partial charge is 0.247 e.